The SMILES string of the molecule is C[C@H](NCC(=O)Nc1nc2ccccc2s1)C(=O)O. The van der Waals surface area contributed by atoms with E-state index in [1.165, 1.54) is 18.3 Å². The lowest BCUT2D eigenvalue weighted by molar-refractivity contribution is -0.139. The first-order valence-corrected chi connectivity index (χ1v) is 6.49. The fraction of sp³-hybridized carbons (Fsp3) is 0.250. The highest BCUT2D eigenvalue weighted by Crippen LogP contribution is 2.25. The number of aromatic nitrogens is 1. The van der Waals surface area contributed by atoms with Gasteiger partial charge in [-0.3, -0.25) is 14.9 Å². The van der Waals surface area contributed by atoms with E-state index in [0.29, 0.717) is 5.13 Å². The summed E-state index contributed by atoms with van der Waals surface area (Å²) in [4.78, 5) is 26.5. The van der Waals surface area contributed by atoms with Gasteiger partial charge in [0.2, 0.25) is 5.91 Å². The van der Waals surface area contributed by atoms with Crippen LogP contribution in [-0.2, 0) is 9.59 Å². The van der Waals surface area contributed by atoms with Gasteiger partial charge in [-0.1, -0.05) is 23.5 Å². The Kier molecular flexibility index (Phi) is 4.08. The largest absolute Gasteiger partial charge is 0.480 e. The molecular formula is C12H13N3O3S. The molecule has 0 fully saturated rings. The highest BCUT2D eigenvalue weighted by atomic mass is 32.1. The van der Waals surface area contributed by atoms with Gasteiger partial charge in [-0.2, -0.15) is 0 Å². The van der Waals surface area contributed by atoms with E-state index in [1.807, 2.05) is 24.3 Å². The number of rotatable bonds is 5. The zero-order valence-electron chi connectivity index (χ0n) is 10.2. The Hall–Kier alpha value is -1.99. The van der Waals surface area contributed by atoms with Gasteiger partial charge in [0, 0.05) is 0 Å². The maximum Gasteiger partial charge on any atom is 0.320 e. The average Bonchev–Trinajstić information content (AvgIpc) is 2.77. The zero-order chi connectivity index (χ0) is 13.8. The minimum Gasteiger partial charge on any atom is -0.480 e. The van der Waals surface area contributed by atoms with Crippen LogP contribution in [0.5, 0.6) is 0 Å². The Morgan fingerprint density at radius 2 is 2.16 bits per heavy atom. The molecule has 0 saturated carbocycles. The van der Waals surface area contributed by atoms with Crippen LogP contribution in [0, 0.1) is 0 Å². The third kappa shape index (κ3) is 3.49. The summed E-state index contributed by atoms with van der Waals surface area (Å²) in [6.07, 6.45) is 0. The van der Waals surface area contributed by atoms with E-state index in [1.54, 1.807) is 0 Å². The summed E-state index contributed by atoms with van der Waals surface area (Å²) in [7, 11) is 0. The van der Waals surface area contributed by atoms with Gasteiger partial charge in [0.05, 0.1) is 16.8 Å². The van der Waals surface area contributed by atoms with Gasteiger partial charge in [-0.25, -0.2) is 4.98 Å². The van der Waals surface area contributed by atoms with Crippen LogP contribution >= 0.6 is 11.3 Å². The molecule has 1 heterocycles. The van der Waals surface area contributed by atoms with Crippen LogP contribution in [0.15, 0.2) is 24.3 Å². The second-order valence-electron chi connectivity index (χ2n) is 3.98. The molecule has 0 saturated heterocycles. The van der Waals surface area contributed by atoms with Gasteiger partial charge in [0.15, 0.2) is 5.13 Å². The van der Waals surface area contributed by atoms with Crippen LogP contribution < -0.4 is 10.6 Å². The van der Waals surface area contributed by atoms with Crippen molar-refractivity contribution in [1.29, 1.82) is 0 Å². The number of anilines is 1. The van der Waals surface area contributed by atoms with Crippen LogP contribution in [0.25, 0.3) is 10.2 Å². The van der Waals surface area contributed by atoms with Crippen molar-refractivity contribution < 1.29 is 14.7 Å². The Morgan fingerprint density at radius 3 is 2.84 bits per heavy atom. The Balaban J connectivity index is 1.93. The number of aliphatic carboxylic acids is 1. The Labute approximate surface area is 113 Å². The van der Waals surface area contributed by atoms with Crippen LogP contribution in [0.3, 0.4) is 0 Å². The van der Waals surface area contributed by atoms with Crippen molar-refractivity contribution in [2.45, 2.75) is 13.0 Å². The number of para-hydroxylation sites is 1. The van der Waals surface area contributed by atoms with Crippen LogP contribution in [0.4, 0.5) is 5.13 Å². The molecule has 0 bridgehead atoms. The Morgan fingerprint density at radius 1 is 1.42 bits per heavy atom. The number of thiazole rings is 1. The Bertz CT molecular complexity index is 578. The second-order valence-corrected chi connectivity index (χ2v) is 5.01. The summed E-state index contributed by atoms with van der Waals surface area (Å²) < 4.78 is 0.990. The van der Waals surface area contributed by atoms with Crippen molar-refractivity contribution in [1.82, 2.24) is 10.3 Å². The number of nitrogens with one attached hydrogen (secondary N) is 2. The van der Waals surface area contributed by atoms with Crippen LogP contribution in [0.2, 0.25) is 0 Å². The van der Waals surface area contributed by atoms with E-state index in [2.05, 4.69) is 15.6 Å². The number of amides is 1. The first-order valence-electron chi connectivity index (χ1n) is 5.68. The number of nitrogens with zero attached hydrogens (tertiary/aromatic N) is 1. The molecular weight excluding hydrogens is 266 g/mol. The molecule has 2 rings (SSSR count). The zero-order valence-corrected chi connectivity index (χ0v) is 11.0. The van der Waals surface area contributed by atoms with Crippen molar-refractivity contribution in [2.24, 2.45) is 0 Å². The molecule has 0 unspecified atom stereocenters. The fourth-order valence-electron chi connectivity index (χ4n) is 1.42. The van der Waals surface area contributed by atoms with Gasteiger partial charge < -0.3 is 10.4 Å². The topological polar surface area (TPSA) is 91.3 Å². The molecule has 1 amide bonds. The van der Waals surface area contributed by atoms with Gasteiger partial charge >= 0.3 is 5.97 Å². The quantitative estimate of drug-likeness (QED) is 0.767. The van der Waals surface area contributed by atoms with E-state index < -0.39 is 12.0 Å². The fourth-order valence-corrected chi connectivity index (χ4v) is 2.30. The number of carboxylic acid groups (broad SMARTS) is 1. The van der Waals surface area contributed by atoms with E-state index in [-0.39, 0.29) is 12.5 Å². The standard InChI is InChI=1S/C12H13N3O3S/c1-7(11(17)18)13-6-10(16)15-12-14-8-4-2-3-5-9(8)19-12/h2-5,7,13H,6H2,1H3,(H,17,18)(H,14,15,16)/t7-/m0/s1. The highest BCUT2D eigenvalue weighted by molar-refractivity contribution is 7.22. The van der Waals surface area contributed by atoms with Gasteiger partial charge in [0.1, 0.15) is 6.04 Å². The van der Waals surface area contributed by atoms with Crippen molar-refractivity contribution in [3.8, 4) is 0 Å². The van der Waals surface area contributed by atoms with Crippen molar-refractivity contribution in [3.63, 3.8) is 0 Å². The molecule has 0 spiro atoms. The number of hydrogen-bond acceptors (Lipinski definition) is 5. The van der Waals surface area contributed by atoms with E-state index in [4.69, 9.17) is 5.11 Å². The molecule has 3 N–H and O–H groups in total. The monoisotopic (exact) mass is 279 g/mol. The minimum absolute atomic E-state index is 0.0661. The summed E-state index contributed by atoms with van der Waals surface area (Å²) in [5.41, 5.74) is 0.828. The molecule has 7 heteroatoms. The van der Waals surface area contributed by atoms with Crippen LogP contribution in [0.1, 0.15) is 6.92 Å². The molecule has 1 aromatic carbocycles. The molecule has 1 aromatic heterocycles. The number of benzene rings is 1. The summed E-state index contributed by atoms with van der Waals surface area (Å²) in [5, 5.41) is 14.4. The van der Waals surface area contributed by atoms with E-state index >= 15 is 0 Å². The van der Waals surface area contributed by atoms with Gasteiger partial charge in [-0.15, -0.1) is 0 Å². The van der Waals surface area contributed by atoms with Crippen molar-refractivity contribution in [2.75, 3.05) is 11.9 Å². The highest BCUT2D eigenvalue weighted by Gasteiger charge is 2.12. The number of hydrogen-bond donors (Lipinski definition) is 3. The third-order valence-corrected chi connectivity index (χ3v) is 3.43. The van der Waals surface area contributed by atoms with E-state index in [9.17, 15) is 9.59 Å². The molecule has 1 atom stereocenters. The summed E-state index contributed by atoms with van der Waals surface area (Å²) in [5.74, 6) is -1.31. The lowest BCUT2D eigenvalue weighted by atomic mass is 10.3. The van der Waals surface area contributed by atoms with Crippen LogP contribution in [-0.4, -0.2) is 34.6 Å². The predicted molar refractivity (Wildman–Crippen MR) is 73.4 cm³/mol. The summed E-state index contributed by atoms with van der Waals surface area (Å²) in [6.45, 7) is 1.41. The molecule has 0 aliphatic heterocycles. The van der Waals surface area contributed by atoms with E-state index in [0.717, 1.165) is 10.2 Å². The van der Waals surface area contributed by atoms with Crippen molar-refractivity contribution in [3.05, 3.63) is 24.3 Å². The van der Waals surface area contributed by atoms with Gasteiger partial charge in [-0.05, 0) is 19.1 Å². The molecule has 6 nitrogen and oxygen atoms in total. The minimum atomic E-state index is -0.993. The normalized spacial score (nSPS) is 12.3. The second kappa shape index (κ2) is 5.77. The molecule has 19 heavy (non-hydrogen) atoms. The smallest absolute Gasteiger partial charge is 0.320 e. The lowest BCUT2D eigenvalue weighted by Crippen LogP contribution is -2.39. The summed E-state index contributed by atoms with van der Waals surface area (Å²) in [6, 6.07) is 6.81. The number of fused-ring (bicyclic) bond motifs is 1. The average molecular weight is 279 g/mol. The number of carbonyl (C=O) groups excluding carboxylic acids is 1. The molecule has 0 aliphatic carbocycles. The number of carboxylic acids is 1. The van der Waals surface area contributed by atoms with Gasteiger partial charge in [0.25, 0.3) is 0 Å². The molecule has 100 valence electrons. The predicted octanol–water partition coefficient (Wildman–Crippen LogP) is 1.30. The van der Waals surface area contributed by atoms with Crippen molar-refractivity contribution >= 4 is 38.6 Å². The molecule has 0 radical (unpaired) electrons. The molecule has 0 aliphatic rings. The molecule has 2 aromatic rings. The third-order valence-electron chi connectivity index (χ3n) is 2.48. The maximum atomic E-state index is 11.6. The summed E-state index contributed by atoms with van der Waals surface area (Å²) >= 11 is 1.38. The number of carbonyl (C=O) groups is 2. The first-order chi connectivity index (χ1) is 9.06. The maximum absolute atomic E-state index is 11.6. The lowest BCUT2D eigenvalue weighted by Gasteiger charge is -2.07. The first kappa shape index (κ1) is 13.4.